The first kappa shape index (κ1) is 30.3. The Kier molecular flexibility index (Phi) is 14.0. The second kappa shape index (κ2) is 16.7. The maximum atomic E-state index is 11.0. The third-order valence-electron chi connectivity index (χ3n) is 8.17. The summed E-state index contributed by atoms with van der Waals surface area (Å²) in [6, 6.07) is 21.3. The summed E-state index contributed by atoms with van der Waals surface area (Å²) in [5, 5.41) is 18.8. The Bertz CT molecular complexity index is 819. The van der Waals surface area contributed by atoms with Gasteiger partial charge in [-0.25, -0.2) is 0 Å². The zero-order chi connectivity index (χ0) is 26.1. The fourth-order valence-corrected chi connectivity index (χ4v) is 5.60. The molecule has 2 aromatic rings. The van der Waals surface area contributed by atoms with Crippen LogP contribution < -0.4 is 0 Å². The fourth-order valence-electron chi connectivity index (χ4n) is 5.60. The van der Waals surface area contributed by atoms with Crippen LogP contribution in [0.5, 0.6) is 0 Å². The number of aliphatic hydroxyl groups excluding tert-OH is 1. The van der Waals surface area contributed by atoms with Crippen LogP contribution in [0.25, 0.3) is 0 Å². The molecule has 3 nitrogen and oxygen atoms in total. The van der Waals surface area contributed by atoms with Crippen molar-refractivity contribution >= 4 is 6.29 Å². The topological polar surface area (TPSA) is 57.5 Å². The normalized spacial score (nSPS) is 14.9. The smallest absolute Gasteiger partial charge is 0.151 e. The van der Waals surface area contributed by atoms with E-state index >= 15 is 0 Å². The first-order chi connectivity index (χ1) is 17.4. The van der Waals surface area contributed by atoms with Gasteiger partial charge in [-0.1, -0.05) is 132 Å². The minimum Gasteiger partial charge on any atom is -0.368 e. The molecule has 0 fully saturated rings. The molecule has 3 heteroatoms. The van der Waals surface area contributed by atoms with E-state index in [1.807, 2.05) is 6.07 Å². The number of rotatable bonds is 20. The number of carbonyl (C=O) groups is 1. The van der Waals surface area contributed by atoms with Crippen molar-refractivity contribution in [2.45, 2.75) is 127 Å². The van der Waals surface area contributed by atoms with Crippen LogP contribution in [0.1, 0.15) is 121 Å². The van der Waals surface area contributed by atoms with Crippen LogP contribution in [0.15, 0.2) is 60.7 Å². The maximum absolute atomic E-state index is 11.0. The number of hydrogen-bond donors (Lipinski definition) is 2. The number of hydrogen-bond acceptors (Lipinski definition) is 3. The number of aldehydes is 1. The van der Waals surface area contributed by atoms with Gasteiger partial charge in [0, 0.05) is 6.42 Å². The summed E-state index contributed by atoms with van der Waals surface area (Å²) in [6.45, 7) is 4.59. The van der Waals surface area contributed by atoms with Gasteiger partial charge in [-0.2, -0.15) is 0 Å². The second-order valence-electron chi connectivity index (χ2n) is 11.3. The Morgan fingerprint density at radius 3 is 1.39 bits per heavy atom. The monoisotopic (exact) mass is 494 g/mol. The lowest BCUT2D eigenvalue weighted by Gasteiger charge is -2.31. The van der Waals surface area contributed by atoms with Gasteiger partial charge in [0.05, 0.1) is 0 Å². The van der Waals surface area contributed by atoms with Gasteiger partial charge in [0.1, 0.15) is 6.29 Å². The van der Waals surface area contributed by atoms with E-state index < -0.39 is 6.29 Å². The fraction of sp³-hybridized carbons (Fsp3) is 0.606. The van der Waals surface area contributed by atoms with Gasteiger partial charge < -0.3 is 15.0 Å². The lowest BCUT2D eigenvalue weighted by molar-refractivity contribution is -0.108. The van der Waals surface area contributed by atoms with Crippen molar-refractivity contribution in [3.63, 3.8) is 0 Å². The predicted octanol–water partition coefficient (Wildman–Crippen LogP) is 8.26. The van der Waals surface area contributed by atoms with Crippen LogP contribution in [0.3, 0.4) is 0 Å². The molecule has 0 saturated carbocycles. The van der Waals surface area contributed by atoms with Gasteiger partial charge in [-0.05, 0) is 54.1 Å². The van der Waals surface area contributed by atoms with E-state index in [0.717, 1.165) is 32.0 Å². The summed E-state index contributed by atoms with van der Waals surface area (Å²) in [7, 11) is 0. The van der Waals surface area contributed by atoms with Gasteiger partial charge in [-0.3, -0.25) is 0 Å². The molecular weight excluding hydrogens is 444 g/mol. The van der Waals surface area contributed by atoms with E-state index in [1.54, 1.807) is 0 Å². The molecule has 2 unspecified atom stereocenters. The zero-order valence-electron chi connectivity index (χ0n) is 22.8. The maximum Gasteiger partial charge on any atom is 0.151 e. The SMILES string of the molecule is CC(CCC=O)(CCCCCCCCCCCC(C)(CCC(O)O)c1ccccc1)c1ccccc1. The molecule has 0 amide bonds. The lowest BCUT2D eigenvalue weighted by Crippen LogP contribution is -2.24. The first-order valence-electron chi connectivity index (χ1n) is 14.3. The molecule has 0 saturated heterocycles. The summed E-state index contributed by atoms with van der Waals surface area (Å²) in [4.78, 5) is 11.0. The zero-order valence-corrected chi connectivity index (χ0v) is 22.8. The van der Waals surface area contributed by atoms with Crippen molar-refractivity contribution in [2.75, 3.05) is 0 Å². The molecule has 0 aromatic heterocycles. The third-order valence-corrected chi connectivity index (χ3v) is 8.17. The van der Waals surface area contributed by atoms with Crippen molar-refractivity contribution in [3.05, 3.63) is 71.8 Å². The largest absolute Gasteiger partial charge is 0.368 e. The molecule has 36 heavy (non-hydrogen) atoms. The van der Waals surface area contributed by atoms with E-state index in [4.69, 9.17) is 0 Å². The summed E-state index contributed by atoms with van der Waals surface area (Å²) < 4.78 is 0. The van der Waals surface area contributed by atoms with E-state index in [2.05, 4.69) is 68.4 Å². The Hall–Kier alpha value is -1.97. The van der Waals surface area contributed by atoms with Crippen molar-refractivity contribution in [1.82, 2.24) is 0 Å². The first-order valence-corrected chi connectivity index (χ1v) is 14.3. The van der Waals surface area contributed by atoms with Crippen LogP contribution in [0.4, 0.5) is 0 Å². The lowest BCUT2D eigenvalue weighted by atomic mass is 9.74. The highest BCUT2D eigenvalue weighted by Gasteiger charge is 2.27. The minimum absolute atomic E-state index is 0.00490. The van der Waals surface area contributed by atoms with E-state index in [1.165, 1.54) is 68.9 Å². The van der Waals surface area contributed by atoms with Crippen LogP contribution in [-0.2, 0) is 15.6 Å². The summed E-state index contributed by atoms with van der Waals surface area (Å²) in [6.07, 6.45) is 16.3. The highest BCUT2D eigenvalue weighted by molar-refractivity contribution is 5.49. The second-order valence-corrected chi connectivity index (χ2v) is 11.3. The Morgan fingerprint density at radius 2 is 1.00 bits per heavy atom. The molecule has 0 heterocycles. The van der Waals surface area contributed by atoms with Gasteiger partial charge in [0.25, 0.3) is 0 Å². The molecular formula is C33H50O3. The molecule has 0 bridgehead atoms. The molecule has 0 aliphatic carbocycles. The molecule has 0 spiro atoms. The number of benzene rings is 2. The molecule has 2 N–H and O–H groups in total. The van der Waals surface area contributed by atoms with Gasteiger partial charge in [0.15, 0.2) is 6.29 Å². The quantitative estimate of drug-likeness (QED) is 0.111. The molecule has 0 aliphatic rings. The highest BCUT2D eigenvalue weighted by Crippen LogP contribution is 2.36. The molecule has 2 aromatic carbocycles. The predicted molar refractivity (Wildman–Crippen MR) is 151 cm³/mol. The summed E-state index contributed by atoms with van der Waals surface area (Å²) in [5.41, 5.74) is 2.78. The Morgan fingerprint density at radius 1 is 0.611 bits per heavy atom. The van der Waals surface area contributed by atoms with E-state index in [0.29, 0.717) is 12.8 Å². The highest BCUT2D eigenvalue weighted by atomic mass is 16.5. The summed E-state index contributed by atoms with van der Waals surface area (Å²) >= 11 is 0. The standard InChI is InChI=1S/C33H50O3/c1-32(26-18-28-34,29-19-12-10-13-20-29)24-16-8-6-4-3-5-7-9-17-25-33(2,27-23-31(35)36)30-21-14-11-15-22-30/h10-15,19-22,28,31,35-36H,3-9,16-18,23-27H2,1-2H3. The van der Waals surface area contributed by atoms with Gasteiger partial charge in [-0.15, -0.1) is 0 Å². The van der Waals surface area contributed by atoms with E-state index in [-0.39, 0.29) is 10.8 Å². The molecule has 2 atom stereocenters. The Labute approximate surface area is 220 Å². The van der Waals surface area contributed by atoms with Crippen molar-refractivity contribution in [3.8, 4) is 0 Å². The summed E-state index contributed by atoms with van der Waals surface area (Å²) in [5.74, 6) is 0. The van der Waals surface area contributed by atoms with E-state index in [9.17, 15) is 15.0 Å². The van der Waals surface area contributed by atoms with Gasteiger partial charge >= 0.3 is 0 Å². The van der Waals surface area contributed by atoms with Crippen LogP contribution >= 0.6 is 0 Å². The van der Waals surface area contributed by atoms with Gasteiger partial charge in [0.2, 0.25) is 0 Å². The van der Waals surface area contributed by atoms with Crippen molar-refractivity contribution < 1.29 is 15.0 Å². The minimum atomic E-state index is -1.23. The van der Waals surface area contributed by atoms with Crippen LogP contribution in [0, 0.1) is 0 Å². The molecule has 2 rings (SSSR count). The van der Waals surface area contributed by atoms with Crippen molar-refractivity contribution in [1.29, 1.82) is 0 Å². The molecule has 0 aliphatic heterocycles. The molecule has 0 radical (unpaired) electrons. The number of aliphatic hydroxyl groups is 2. The average Bonchev–Trinajstić information content (AvgIpc) is 2.90. The number of carbonyl (C=O) groups excluding carboxylic acids is 1. The average molecular weight is 495 g/mol. The van der Waals surface area contributed by atoms with Crippen LogP contribution in [-0.4, -0.2) is 22.8 Å². The van der Waals surface area contributed by atoms with Crippen LogP contribution in [0.2, 0.25) is 0 Å². The Balaban J connectivity index is 1.60. The van der Waals surface area contributed by atoms with Crippen molar-refractivity contribution in [2.24, 2.45) is 0 Å². The number of unbranched alkanes of at least 4 members (excludes halogenated alkanes) is 8. The molecule has 200 valence electrons. The third kappa shape index (κ3) is 11.0.